The number of carbonyl (C=O) groups excluding carboxylic acids is 1. The Kier molecular flexibility index (Phi) is 9.20. The minimum atomic E-state index is -0.922. The lowest BCUT2D eigenvalue weighted by atomic mass is 10.1. The molecule has 0 heterocycles. The summed E-state index contributed by atoms with van der Waals surface area (Å²) in [7, 11) is -0.896. The van der Waals surface area contributed by atoms with Crippen molar-refractivity contribution >= 4 is 22.8 Å². The summed E-state index contributed by atoms with van der Waals surface area (Å²) in [4.78, 5) is 22.2. The summed E-state index contributed by atoms with van der Waals surface area (Å²) in [6, 6.07) is -0.714. The Bertz CT molecular complexity index is 323. The van der Waals surface area contributed by atoms with Gasteiger partial charge in [-0.25, -0.2) is 4.79 Å². The van der Waals surface area contributed by atoms with Crippen LogP contribution in [-0.4, -0.2) is 45.4 Å². The monoisotopic (exact) mass is 292 g/mol. The Morgan fingerprint density at radius 1 is 1.32 bits per heavy atom. The molecule has 3 unspecified atom stereocenters. The predicted molar refractivity (Wildman–Crippen MR) is 75.6 cm³/mol. The van der Waals surface area contributed by atoms with E-state index >= 15 is 0 Å². The molecule has 0 bridgehead atoms. The first kappa shape index (κ1) is 17.9. The quantitative estimate of drug-likeness (QED) is 0.592. The summed E-state index contributed by atoms with van der Waals surface area (Å²) < 4.78 is 11.1. The minimum Gasteiger partial charge on any atom is -0.481 e. The smallest absolute Gasteiger partial charge is 0.315 e. The number of nitrogens with one attached hydrogen (secondary N) is 2. The van der Waals surface area contributed by atoms with E-state index in [0.29, 0.717) is 19.4 Å². The third-order valence-corrected chi connectivity index (χ3v) is 4.17. The fraction of sp³-hybridized carbons (Fsp3) is 0.833. The van der Waals surface area contributed by atoms with E-state index in [-0.39, 0.29) is 23.7 Å². The van der Waals surface area contributed by atoms with E-state index in [9.17, 15) is 13.8 Å². The lowest BCUT2D eigenvalue weighted by molar-refractivity contribution is -0.137. The molecule has 112 valence electrons. The van der Waals surface area contributed by atoms with Crippen LogP contribution in [0.25, 0.3) is 0 Å². The van der Waals surface area contributed by atoms with Crippen LogP contribution in [0, 0.1) is 0 Å². The molecule has 0 saturated heterocycles. The molecule has 7 heteroatoms. The van der Waals surface area contributed by atoms with Crippen molar-refractivity contribution in [2.75, 3.05) is 12.8 Å². The number of hydrogen-bond acceptors (Lipinski definition) is 3. The SMILES string of the molecule is CCCC(CC(=O)O)NC(=O)NCCC(C)S(C)=O. The molecule has 0 aliphatic carbocycles. The molecule has 0 aromatic heterocycles. The molecule has 0 aromatic rings. The van der Waals surface area contributed by atoms with E-state index in [4.69, 9.17) is 5.11 Å². The minimum absolute atomic E-state index is 0.0331. The Morgan fingerprint density at radius 3 is 2.42 bits per heavy atom. The number of amides is 2. The first-order valence-corrected chi connectivity index (χ1v) is 8.07. The average Bonchev–Trinajstić information content (AvgIpc) is 2.27. The van der Waals surface area contributed by atoms with Gasteiger partial charge in [-0.05, 0) is 12.8 Å². The Hall–Kier alpha value is -1.11. The van der Waals surface area contributed by atoms with Gasteiger partial charge in [-0.1, -0.05) is 20.3 Å². The molecular weight excluding hydrogens is 268 g/mol. The highest BCUT2D eigenvalue weighted by molar-refractivity contribution is 7.84. The van der Waals surface area contributed by atoms with Crippen molar-refractivity contribution < 1.29 is 18.9 Å². The van der Waals surface area contributed by atoms with E-state index in [2.05, 4.69) is 10.6 Å². The Balaban J connectivity index is 3.99. The number of carbonyl (C=O) groups is 2. The number of aliphatic carboxylic acids is 1. The van der Waals surface area contributed by atoms with Gasteiger partial charge in [-0.2, -0.15) is 0 Å². The van der Waals surface area contributed by atoms with Gasteiger partial charge in [0.05, 0.1) is 6.42 Å². The molecule has 6 nitrogen and oxygen atoms in total. The van der Waals surface area contributed by atoms with Gasteiger partial charge in [-0.3, -0.25) is 9.00 Å². The van der Waals surface area contributed by atoms with Crippen LogP contribution in [0.2, 0.25) is 0 Å². The number of urea groups is 1. The normalized spacial score (nSPS) is 15.3. The topological polar surface area (TPSA) is 95.5 Å². The van der Waals surface area contributed by atoms with Gasteiger partial charge in [0.25, 0.3) is 0 Å². The molecule has 3 N–H and O–H groups in total. The maximum absolute atomic E-state index is 11.6. The summed E-state index contributed by atoms with van der Waals surface area (Å²) in [6.45, 7) is 4.23. The van der Waals surface area contributed by atoms with E-state index in [1.165, 1.54) is 0 Å². The maximum Gasteiger partial charge on any atom is 0.315 e. The molecule has 19 heavy (non-hydrogen) atoms. The van der Waals surface area contributed by atoms with Gasteiger partial charge in [0.1, 0.15) is 0 Å². The van der Waals surface area contributed by atoms with Crippen molar-refractivity contribution in [1.29, 1.82) is 0 Å². The summed E-state index contributed by atoms with van der Waals surface area (Å²) >= 11 is 0. The van der Waals surface area contributed by atoms with Crippen LogP contribution in [0.3, 0.4) is 0 Å². The van der Waals surface area contributed by atoms with E-state index in [1.807, 2.05) is 13.8 Å². The van der Waals surface area contributed by atoms with Crippen LogP contribution >= 0.6 is 0 Å². The number of hydrogen-bond donors (Lipinski definition) is 3. The maximum atomic E-state index is 11.6. The second-order valence-electron chi connectivity index (χ2n) is 4.58. The van der Waals surface area contributed by atoms with Gasteiger partial charge in [0.2, 0.25) is 0 Å². The molecule has 0 aliphatic rings. The first-order chi connectivity index (χ1) is 8.86. The molecular formula is C12H24N2O4S. The van der Waals surface area contributed by atoms with Crippen LogP contribution in [0.4, 0.5) is 4.79 Å². The predicted octanol–water partition coefficient (Wildman–Crippen LogP) is 1.09. The zero-order valence-corrected chi connectivity index (χ0v) is 12.6. The van der Waals surface area contributed by atoms with Crippen molar-refractivity contribution in [1.82, 2.24) is 10.6 Å². The molecule has 2 amide bonds. The first-order valence-electron chi connectivity index (χ1n) is 6.45. The molecule has 3 atom stereocenters. The highest BCUT2D eigenvalue weighted by atomic mass is 32.2. The zero-order chi connectivity index (χ0) is 14.8. The van der Waals surface area contributed by atoms with Crippen molar-refractivity contribution in [2.45, 2.75) is 50.8 Å². The summed E-state index contributed by atoms with van der Waals surface area (Å²) in [5.74, 6) is -0.922. The second kappa shape index (κ2) is 9.77. The third kappa shape index (κ3) is 9.47. The standard InChI is InChI=1S/C12H24N2O4S/c1-4-5-10(8-11(15)16)14-12(17)13-7-6-9(2)19(3)18/h9-10H,4-8H2,1-3H3,(H,15,16)(H2,13,14,17). The van der Waals surface area contributed by atoms with Crippen LogP contribution < -0.4 is 10.6 Å². The highest BCUT2D eigenvalue weighted by Crippen LogP contribution is 2.02. The van der Waals surface area contributed by atoms with Crippen molar-refractivity contribution in [3.63, 3.8) is 0 Å². The summed E-state index contributed by atoms with van der Waals surface area (Å²) in [5.41, 5.74) is 0. The van der Waals surface area contributed by atoms with E-state index < -0.39 is 16.8 Å². The van der Waals surface area contributed by atoms with Crippen LogP contribution in [0.15, 0.2) is 0 Å². The lowest BCUT2D eigenvalue weighted by Gasteiger charge is -2.17. The number of rotatable bonds is 9. The molecule has 0 rings (SSSR count). The molecule has 0 radical (unpaired) electrons. The number of carboxylic acids is 1. The Morgan fingerprint density at radius 2 is 1.95 bits per heavy atom. The number of carboxylic acid groups (broad SMARTS) is 1. The van der Waals surface area contributed by atoms with Crippen molar-refractivity contribution in [2.24, 2.45) is 0 Å². The molecule has 0 fully saturated rings. The summed E-state index contributed by atoms with van der Waals surface area (Å²) in [5, 5.41) is 14.1. The van der Waals surface area contributed by atoms with Gasteiger partial charge < -0.3 is 15.7 Å². The van der Waals surface area contributed by atoms with Crippen LogP contribution in [0.1, 0.15) is 39.5 Å². The molecule has 0 aliphatic heterocycles. The molecule has 0 aromatic carbocycles. The van der Waals surface area contributed by atoms with Crippen LogP contribution in [-0.2, 0) is 15.6 Å². The average molecular weight is 292 g/mol. The van der Waals surface area contributed by atoms with E-state index in [0.717, 1.165) is 6.42 Å². The fourth-order valence-electron chi connectivity index (χ4n) is 1.58. The summed E-state index contributed by atoms with van der Waals surface area (Å²) in [6.07, 6.45) is 3.64. The molecule has 0 saturated carbocycles. The highest BCUT2D eigenvalue weighted by Gasteiger charge is 2.15. The van der Waals surface area contributed by atoms with Gasteiger partial charge >= 0.3 is 12.0 Å². The molecule has 0 spiro atoms. The lowest BCUT2D eigenvalue weighted by Crippen LogP contribution is -2.43. The fourth-order valence-corrected chi connectivity index (χ4v) is 2.03. The zero-order valence-electron chi connectivity index (χ0n) is 11.8. The van der Waals surface area contributed by atoms with Gasteiger partial charge in [-0.15, -0.1) is 0 Å². The Labute approximate surface area is 116 Å². The van der Waals surface area contributed by atoms with Crippen molar-refractivity contribution in [3.8, 4) is 0 Å². The van der Waals surface area contributed by atoms with E-state index in [1.54, 1.807) is 6.26 Å². The van der Waals surface area contributed by atoms with Crippen LogP contribution in [0.5, 0.6) is 0 Å². The van der Waals surface area contributed by atoms with Crippen molar-refractivity contribution in [3.05, 3.63) is 0 Å². The van der Waals surface area contributed by atoms with Gasteiger partial charge in [0, 0.05) is 34.9 Å². The second-order valence-corrected chi connectivity index (χ2v) is 6.38. The largest absolute Gasteiger partial charge is 0.481 e. The third-order valence-electron chi connectivity index (χ3n) is 2.80. The van der Waals surface area contributed by atoms with Gasteiger partial charge in [0.15, 0.2) is 0 Å².